The van der Waals surface area contributed by atoms with Gasteiger partial charge in [-0.05, 0) is 37.1 Å². The molecule has 4 nitrogen and oxygen atoms in total. The predicted molar refractivity (Wildman–Crippen MR) is 90.7 cm³/mol. The van der Waals surface area contributed by atoms with Gasteiger partial charge in [-0.25, -0.2) is 0 Å². The first kappa shape index (κ1) is 15.3. The number of hydrogen-bond acceptors (Lipinski definition) is 3. The van der Waals surface area contributed by atoms with Gasteiger partial charge in [0, 0.05) is 36.5 Å². The fourth-order valence-corrected chi connectivity index (χ4v) is 2.72. The van der Waals surface area contributed by atoms with Gasteiger partial charge >= 0.3 is 0 Å². The van der Waals surface area contributed by atoms with Gasteiger partial charge in [0.25, 0.3) is 0 Å². The molecule has 118 valence electrons. The fourth-order valence-electron chi connectivity index (χ4n) is 2.72. The molecule has 0 N–H and O–H groups in total. The lowest BCUT2D eigenvalue weighted by Gasteiger charge is -2.15. The number of rotatable bonds is 5. The summed E-state index contributed by atoms with van der Waals surface area (Å²) in [5.74, 6) is 0.723. The van der Waals surface area contributed by atoms with E-state index >= 15 is 0 Å². The summed E-state index contributed by atoms with van der Waals surface area (Å²) in [7, 11) is 1.61. The molecule has 23 heavy (non-hydrogen) atoms. The summed E-state index contributed by atoms with van der Waals surface area (Å²) in [6, 6.07) is 11.3. The monoisotopic (exact) mass is 309 g/mol. The lowest BCUT2D eigenvalue weighted by Crippen LogP contribution is -2.26. The molecule has 1 aliphatic heterocycles. The molecule has 2 aromatic rings. The first-order valence-electron chi connectivity index (χ1n) is 7.88. The number of ether oxygens (including phenoxy) is 1. The number of pyridine rings is 1. The van der Waals surface area contributed by atoms with Crippen LogP contribution in [-0.2, 0) is 0 Å². The average molecular weight is 309 g/mol. The highest BCUT2D eigenvalue weighted by Gasteiger charge is 2.13. The maximum Gasteiger partial charge on any atom is 0.191 e. The van der Waals surface area contributed by atoms with Crippen LogP contribution in [0.2, 0.25) is 0 Å². The second kappa shape index (κ2) is 7.09. The Hall–Kier alpha value is -2.62. The van der Waals surface area contributed by atoms with Crippen molar-refractivity contribution in [2.45, 2.75) is 12.8 Å². The van der Waals surface area contributed by atoms with Crippen LogP contribution in [0.15, 0.2) is 54.9 Å². The minimum Gasteiger partial charge on any atom is -0.497 e. The van der Waals surface area contributed by atoms with Crippen LogP contribution in [-0.4, -0.2) is 26.0 Å². The van der Waals surface area contributed by atoms with Crippen LogP contribution in [0.3, 0.4) is 0 Å². The van der Waals surface area contributed by atoms with Crippen LogP contribution < -0.4 is 14.2 Å². The lowest BCUT2D eigenvalue weighted by atomic mass is 10.1. The Kier molecular flexibility index (Phi) is 4.71. The van der Waals surface area contributed by atoms with E-state index in [-0.39, 0.29) is 5.78 Å². The van der Waals surface area contributed by atoms with E-state index < -0.39 is 0 Å². The Labute approximate surface area is 136 Å². The van der Waals surface area contributed by atoms with Gasteiger partial charge in [-0.1, -0.05) is 0 Å². The van der Waals surface area contributed by atoms with Crippen molar-refractivity contribution >= 4 is 17.7 Å². The van der Waals surface area contributed by atoms with Gasteiger partial charge in [0.15, 0.2) is 24.4 Å². The largest absolute Gasteiger partial charge is 0.497 e. The molecule has 1 aromatic heterocycles. The number of ketones is 1. The fraction of sp³-hybridized carbons (Fsp3) is 0.263. The molecule has 4 heteroatoms. The summed E-state index contributed by atoms with van der Waals surface area (Å²) in [5, 5.41) is 0. The third-order valence-corrected chi connectivity index (χ3v) is 4.08. The predicted octanol–water partition coefficient (Wildman–Crippen LogP) is 2.94. The maximum atomic E-state index is 12.1. The van der Waals surface area contributed by atoms with Gasteiger partial charge in [0.2, 0.25) is 0 Å². The number of methoxy groups -OCH3 is 1. The summed E-state index contributed by atoms with van der Waals surface area (Å²) in [6.07, 6.45) is 9.85. The van der Waals surface area contributed by atoms with Crippen molar-refractivity contribution in [2.24, 2.45) is 0 Å². The van der Waals surface area contributed by atoms with E-state index in [1.165, 1.54) is 18.5 Å². The topological polar surface area (TPSA) is 33.4 Å². The Bertz CT molecular complexity index is 684. The molecule has 3 rings (SSSR count). The summed E-state index contributed by atoms with van der Waals surface area (Å²) in [5.41, 5.74) is 1.89. The van der Waals surface area contributed by atoms with Crippen molar-refractivity contribution < 1.29 is 14.1 Å². The second-order valence-corrected chi connectivity index (χ2v) is 5.61. The smallest absolute Gasteiger partial charge is 0.191 e. The van der Waals surface area contributed by atoms with E-state index in [4.69, 9.17) is 4.74 Å². The van der Waals surface area contributed by atoms with Gasteiger partial charge in [0.1, 0.15) is 5.75 Å². The number of allylic oxidation sites excluding steroid dienone is 1. The summed E-state index contributed by atoms with van der Waals surface area (Å²) in [6.45, 7) is 2.27. The number of nitrogens with zero attached hydrogens (tertiary/aromatic N) is 2. The molecule has 1 saturated heterocycles. The van der Waals surface area contributed by atoms with Gasteiger partial charge in [-0.2, -0.15) is 4.57 Å². The third kappa shape index (κ3) is 3.77. The molecule has 0 radical (unpaired) electrons. The molecule has 0 saturated carbocycles. The molecule has 0 aliphatic carbocycles. The van der Waals surface area contributed by atoms with Crippen molar-refractivity contribution in [3.8, 4) is 5.75 Å². The number of aromatic nitrogens is 1. The van der Waals surface area contributed by atoms with Gasteiger partial charge in [-0.3, -0.25) is 4.79 Å². The zero-order valence-corrected chi connectivity index (χ0v) is 13.3. The van der Waals surface area contributed by atoms with Crippen molar-refractivity contribution in [1.82, 2.24) is 0 Å². The first-order chi connectivity index (χ1) is 11.3. The van der Waals surface area contributed by atoms with E-state index in [1.807, 2.05) is 17.0 Å². The quantitative estimate of drug-likeness (QED) is 0.484. The highest BCUT2D eigenvalue weighted by molar-refractivity contribution is 6.05. The highest BCUT2D eigenvalue weighted by Crippen LogP contribution is 2.18. The van der Waals surface area contributed by atoms with E-state index in [9.17, 15) is 4.79 Å². The van der Waals surface area contributed by atoms with Crippen molar-refractivity contribution in [3.05, 3.63) is 60.4 Å². The summed E-state index contributed by atoms with van der Waals surface area (Å²) < 4.78 is 6.98. The Balaban J connectivity index is 1.65. The number of carbonyl (C=O) groups is 1. The Morgan fingerprint density at radius 1 is 1.09 bits per heavy atom. The second-order valence-electron chi connectivity index (χ2n) is 5.61. The molecular weight excluding hydrogens is 288 g/mol. The van der Waals surface area contributed by atoms with Crippen LogP contribution in [0.25, 0.3) is 6.20 Å². The van der Waals surface area contributed by atoms with E-state index in [1.54, 1.807) is 43.7 Å². The third-order valence-electron chi connectivity index (χ3n) is 4.08. The molecular formula is C19H21N2O2+. The summed E-state index contributed by atoms with van der Waals surface area (Å²) >= 11 is 0. The summed E-state index contributed by atoms with van der Waals surface area (Å²) in [4.78, 5) is 14.5. The van der Waals surface area contributed by atoms with Crippen LogP contribution in [0.5, 0.6) is 5.75 Å². The van der Waals surface area contributed by atoms with Crippen LogP contribution in [0.1, 0.15) is 23.2 Å². The van der Waals surface area contributed by atoms with E-state index in [0.717, 1.165) is 18.8 Å². The Morgan fingerprint density at radius 2 is 1.74 bits per heavy atom. The van der Waals surface area contributed by atoms with E-state index in [2.05, 4.69) is 17.0 Å². The molecule has 1 aliphatic rings. The molecule has 2 heterocycles. The minimum atomic E-state index is -0.0243. The molecule has 0 unspecified atom stereocenters. The number of carbonyl (C=O) groups excluding carboxylic acids is 1. The number of benzene rings is 1. The number of anilines is 1. The minimum absolute atomic E-state index is 0.0243. The zero-order chi connectivity index (χ0) is 16.1. The van der Waals surface area contributed by atoms with Crippen LogP contribution in [0.4, 0.5) is 5.69 Å². The highest BCUT2D eigenvalue weighted by atomic mass is 16.5. The standard InChI is InChI=1S/C19H21N2O2/c1-23-18-6-4-16(5-7-18)19(22)10-15-20-13-8-17(9-14-20)21-11-2-3-12-21/h4-10,13-15H,2-3,11-12H2,1H3/q+1/b15-10-. The first-order valence-corrected chi connectivity index (χ1v) is 7.88. The van der Waals surface area contributed by atoms with Gasteiger partial charge in [-0.15, -0.1) is 0 Å². The molecule has 0 bridgehead atoms. The molecule has 0 amide bonds. The average Bonchev–Trinajstić information content (AvgIpc) is 3.15. The lowest BCUT2D eigenvalue weighted by molar-refractivity contribution is -0.568. The molecule has 1 fully saturated rings. The van der Waals surface area contributed by atoms with E-state index in [0.29, 0.717) is 5.56 Å². The van der Waals surface area contributed by atoms with Crippen molar-refractivity contribution in [3.63, 3.8) is 0 Å². The SMILES string of the molecule is COc1ccc(C(=O)/C=C\[n+]2ccc(N3CCCC3)cc2)cc1. The molecule has 0 atom stereocenters. The van der Waals surface area contributed by atoms with Gasteiger partial charge < -0.3 is 9.64 Å². The Morgan fingerprint density at radius 3 is 2.35 bits per heavy atom. The normalized spacial score (nSPS) is 14.4. The maximum absolute atomic E-state index is 12.1. The van der Waals surface area contributed by atoms with Crippen LogP contribution >= 0.6 is 0 Å². The van der Waals surface area contributed by atoms with Crippen LogP contribution in [0, 0.1) is 0 Å². The zero-order valence-electron chi connectivity index (χ0n) is 13.3. The van der Waals surface area contributed by atoms with Crippen molar-refractivity contribution in [1.29, 1.82) is 0 Å². The van der Waals surface area contributed by atoms with Crippen molar-refractivity contribution in [2.75, 3.05) is 25.1 Å². The molecule has 1 aromatic carbocycles. The van der Waals surface area contributed by atoms with Gasteiger partial charge in [0.05, 0.1) is 13.2 Å². The molecule has 0 spiro atoms. The number of hydrogen-bond donors (Lipinski definition) is 0.